The lowest BCUT2D eigenvalue weighted by Crippen LogP contribution is -2.55. The molecule has 1 saturated heterocycles. The maximum atomic E-state index is 6.46. The van der Waals surface area contributed by atoms with Crippen LogP contribution in [0.1, 0.15) is 45.1 Å². The fraction of sp³-hybridized carbons (Fsp3) is 0.667. The Morgan fingerprint density at radius 2 is 1.95 bits per heavy atom. The topological polar surface area (TPSA) is 24.5 Å². The molecule has 0 atom stereocenters. The van der Waals surface area contributed by atoms with Gasteiger partial charge in [-0.2, -0.15) is 0 Å². The van der Waals surface area contributed by atoms with Crippen LogP contribution in [-0.2, 0) is 0 Å². The maximum Gasteiger partial charge on any atom is 0.143 e. The van der Waals surface area contributed by atoms with E-state index >= 15 is 0 Å². The standard InChI is InChI=1S/C18H28N2O/c1-4-18(5-2)13-20(15-8-10-19-11-9-15)16-7-6-14(3)12-17(16)21-18/h6-7,12,15,19H,4-5,8-11,13H2,1-3H3. The van der Waals surface area contributed by atoms with E-state index in [1.165, 1.54) is 24.1 Å². The predicted molar refractivity (Wildman–Crippen MR) is 88.4 cm³/mol. The molecule has 1 fully saturated rings. The van der Waals surface area contributed by atoms with E-state index < -0.39 is 0 Å². The lowest BCUT2D eigenvalue weighted by molar-refractivity contribution is 0.0536. The van der Waals surface area contributed by atoms with Crippen molar-refractivity contribution in [1.82, 2.24) is 5.32 Å². The third kappa shape index (κ3) is 2.76. The zero-order chi connectivity index (χ0) is 14.9. The summed E-state index contributed by atoms with van der Waals surface area (Å²) < 4.78 is 6.46. The number of nitrogens with zero attached hydrogens (tertiary/aromatic N) is 1. The molecule has 0 radical (unpaired) electrons. The van der Waals surface area contributed by atoms with Crippen molar-refractivity contribution in [2.45, 2.75) is 58.1 Å². The number of ether oxygens (including phenoxy) is 1. The zero-order valence-corrected chi connectivity index (χ0v) is 13.6. The number of nitrogens with one attached hydrogen (secondary N) is 1. The van der Waals surface area contributed by atoms with Crippen LogP contribution in [0.5, 0.6) is 5.75 Å². The van der Waals surface area contributed by atoms with Gasteiger partial charge in [0.2, 0.25) is 0 Å². The highest BCUT2D eigenvalue weighted by Crippen LogP contribution is 2.42. The Morgan fingerprint density at radius 1 is 1.24 bits per heavy atom. The van der Waals surface area contributed by atoms with E-state index in [0.717, 1.165) is 38.2 Å². The summed E-state index contributed by atoms with van der Waals surface area (Å²) >= 11 is 0. The molecule has 0 aromatic heterocycles. The van der Waals surface area contributed by atoms with Crippen LogP contribution in [0.2, 0.25) is 0 Å². The highest BCUT2D eigenvalue weighted by Gasteiger charge is 2.39. The van der Waals surface area contributed by atoms with Crippen LogP contribution >= 0.6 is 0 Å². The Hall–Kier alpha value is -1.22. The van der Waals surface area contributed by atoms with E-state index in [9.17, 15) is 0 Å². The molecule has 1 aromatic rings. The number of aryl methyl sites for hydroxylation is 1. The molecule has 116 valence electrons. The number of anilines is 1. The molecule has 2 aliphatic rings. The number of piperidine rings is 1. The second-order valence-electron chi connectivity index (χ2n) is 6.57. The predicted octanol–water partition coefficient (Wildman–Crippen LogP) is 3.50. The Bertz CT molecular complexity index is 490. The highest BCUT2D eigenvalue weighted by molar-refractivity contribution is 5.62. The second-order valence-corrected chi connectivity index (χ2v) is 6.57. The van der Waals surface area contributed by atoms with Crippen molar-refractivity contribution in [3.8, 4) is 5.75 Å². The van der Waals surface area contributed by atoms with Gasteiger partial charge < -0.3 is 15.0 Å². The van der Waals surface area contributed by atoms with E-state index in [-0.39, 0.29) is 5.60 Å². The highest BCUT2D eigenvalue weighted by atomic mass is 16.5. The van der Waals surface area contributed by atoms with Crippen LogP contribution in [0, 0.1) is 6.92 Å². The van der Waals surface area contributed by atoms with Crippen molar-refractivity contribution < 1.29 is 4.74 Å². The first-order chi connectivity index (χ1) is 10.2. The number of hydrogen-bond acceptors (Lipinski definition) is 3. The molecule has 21 heavy (non-hydrogen) atoms. The van der Waals surface area contributed by atoms with Gasteiger partial charge in [0.1, 0.15) is 11.4 Å². The molecule has 0 amide bonds. The lowest BCUT2D eigenvalue weighted by atomic mass is 9.91. The van der Waals surface area contributed by atoms with Crippen LogP contribution in [0.4, 0.5) is 5.69 Å². The van der Waals surface area contributed by atoms with Gasteiger partial charge in [-0.3, -0.25) is 0 Å². The summed E-state index contributed by atoms with van der Waals surface area (Å²) in [6, 6.07) is 7.32. The molecule has 3 heteroatoms. The van der Waals surface area contributed by atoms with Crippen LogP contribution in [0.25, 0.3) is 0 Å². The summed E-state index contributed by atoms with van der Waals surface area (Å²) in [4.78, 5) is 2.63. The molecule has 1 N–H and O–H groups in total. The van der Waals surface area contributed by atoms with E-state index in [4.69, 9.17) is 4.74 Å². The van der Waals surface area contributed by atoms with Crippen molar-refractivity contribution in [2.24, 2.45) is 0 Å². The molecular weight excluding hydrogens is 260 g/mol. The minimum atomic E-state index is -0.0222. The molecule has 0 aliphatic carbocycles. The van der Waals surface area contributed by atoms with E-state index in [0.29, 0.717) is 6.04 Å². The van der Waals surface area contributed by atoms with E-state index in [2.05, 4.69) is 49.2 Å². The summed E-state index contributed by atoms with van der Waals surface area (Å²) in [5.41, 5.74) is 2.55. The number of benzene rings is 1. The normalized spacial score (nSPS) is 21.8. The monoisotopic (exact) mass is 288 g/mol. The molecule has 3 nitrogen and oxygen atoms in total. The van der Waals surface area contributed by atoms with Gasteiger partial charge in [0.05, 0.1) is 12.2 Å². The third-order valence-electron chi connectivity index (χ3n) is 5.25. The van der Waals surface area contributed by atoms with Gasteiger partial charge in [-0.05, 0) is 63.4 Å². The summed E-state index contributed by atoms with van der Waals surface area (Å²) in [5.74, 6) is 1.09. The number of hydrogen-bond donors (Lipinski definition) is 1. The fourth-order valence-electron chi connectivity index (χ4n) is 3.66. The van der Waals surface area contributed by atoms with Gasteiger partial charge in [-0.15, -0.1) is 0 Å². The lowest BCUT2D eigenvalue weighted by Gasteiger charge is -2.48. The van der Waals surface area contributed by atoms with Crippen molar-refractivity contribution in [2.75, 3.05) is 24.5 Å². The van der Waals surface area contributed by atoms with Crippen molar-refractivity contribution >= 4 is 5.69 Å². The van der Waals surface area contributed by atoms with Gasteiger partial charge in [0, 0.05) is 6.04 Å². The maximum absolute atomic E-state index is 6.46. The van der Waals surface area contributed by atoms with Crippen molar-refractivity contribution in [3.63, 3.8) is 0 Å². The summed E-state index contributed by atoms with van der Waals surface area (Å²) in [7, 11) is 0. The number of rotatable bonds is 3. The first-order valence-corrected chi connectivity index (χ1v) is 8.44. The van der Waals surface area contributed by atoms with E-state index in [1.54, 1.807) is 0 Å². The molecule has 0 saturated carbocycles. The molecule has 2 aliphatic heterocycles. The zero-order valence-electron chi connectivity index (χ0n) is 13.6. The van der Waals surface area contributed by atoms with Crippen LogP contribution in [0.3, 0.4) is 0 Å². The van der Waals surface area contributed by atoms with Crippen LogP contribution < -0.4 is 15.0 Å². The van der Waals surface area contributed by atoms with Crippen LogP contribution in [0.15, 0.2) is 18.2 Å². The van der Waals surface area contributed by atoms with Crippen LogP contribution in [-0.4, -0.2) is 31.3 Å². The average molecular weight is 288 g/mol. The number of fused-ring (bicyclic) bond motifs is 1. The third-order valence-corrected chi connectivity index (χ3v) is 5.25. The minimum Gasteiger partial charge on any atom is -0.483 e. The smallest absolute Gasteiger partial charge is 0.143 e. The van der Waals surface area contributed by atoms with Gasteiger partial charge in [-0.25, -0.2) is 0 Å². The van der Waals surface area contributed by atoms with Crippen molar-refractivity contribution in [1.29, 1.82) is 0 Å². The minimum absolute atomic E-state index is 0.0222. The van der Waals surface area contributed by atoms with E-state index in [1.807, 2.05) is 0 Å². The Morgan fingerprint density at radius 3 is 2.62 bits per heavy atom. The van der Waals surface area contributed by atoms with Gasteiger partial charge in [-0.1, -0.05) is 19.9 Å². The summed E-state index contributed by atoms with van der Waals surface area (Å²) in [6.07, 6.45) is 4.60. The summed E-state index contributed by atoms with van der Waals surface area (Å²) in [6.45, 7) is 9.95. The molecule has 3 rings (SSSR count). The first kappa shape index (κ1) is 14.7. The Kier molecular flexibility index (Phi) is 4.12. The SMILES string of the molecule is CCC1(CC)CN(C2CCNCC2)c2ccc(C)cc2O1. The van der Waals surface area contributed by atoms with Gasteiger partial charge in [0.25, 0.3) is 0 Å². The fourth-order valence-corrected chi connectivity index (χ4v) is 3.66. The molecule has 1 aromatic carbocycles. The van der Waals surface area contributed by atoms with Gasteiger partial charge >= 0.3 is 0 Å². The molecule has 0 unspecified atom stereocenters. The Labute approximate surface area is 128 Å². The first-order valence-electron chi connectivity index (χ1n) is 8.44. The molecule has 0 bridgehead atoms. The second kappa shape index (κ2) is 5.88. The Balaban J connectivity index is 1.97. The quantitative estimate of drug-likeness (QED) is 0.921. The average Bonchev–Trinajstić information content (AvgIpc) is 2.54. The van der Waals surface area contributed by atoms with Crippen molar-refractivity contribution in [3.05, 3.63) is 23.8 Å². The summed E-state index contributed by atoms with van der Waals surface area (Å²) in [5, 5.41) is 3.48. The van der Waals surface area contributed by atoms with Gasteiger partial charge in [0.15, 0.2) is 0 Å². The molecule has 0 spiro atoms. The molecular formula is C18H28N2O. The largest absolute Gasteiger partial charge is 0.483 e. The molecule has 2 heterocycles.